The molecule has 1 rings (SSSR count). The van der Waals surface area contributed by atoms with Crippen molar-refractivity contribution in [3.8, 4) is 11.5 Å². The number of carbonyl (C=O) groups is 2. The van der Waals surface area contributed by atoms with E-state index in [0.717, 1.165) is 42.3 Å². The lowest BCUT2D eigenvalue weighted by Crippen LogP contribution is -2.13. The van der Waals surface area contributed by atoms with Gasteiger partial charge in [-0.15, -0.1) is 0 Å². The van der Waals surface area contributed by atoms with E-state index in [1.165, 1.54) is 13.3 Å². The lowest BCUT2D eigenvalue weighted by atomic mass is 10.0. The summed E-state index contributed by atoms with van der Waals surface area (Å²) in [6.07, 6.45) is 5.44. The molecular formula is C21H31IO6. The summed E-state index contributed by atoms with van der Waals surface area (Å²) >= 11 is 2.36. The molecule has 0 unspecified atom stereocenters. The van der Waals surface area contributed by atoms with Gasteiger partial charge in [0.2, 0.25) is 0 Å². The Kier molecular flexibility index (Phi) is 12.9. The molecule has 0 aliphatic rings. The quantitative estimate of drug-likeness (QED) is 0.152. The Balaban J connectivity index is 2.71. The lowest BCUT2D eigenvalue weighted by molar-refractivity contribution is -0.139. The number of unbranched alkanes of at least 4 members (excludes halogenated alkanes) is 2. The summed E-state index contributed by atoms with van der Waals surface area (Å²) in [5.41, 5.74) is 1.26. The average Bonchev–Trinajstić information content (AvgIpc) is 2.66. The monoisotopic (exact) mass is 506 g/mol. The van der Waals surface area contributed by atoms with Gasteiger partial charge >= 0.3 is 5.97 Å². The molecule has 0 amide bonds. The van der Waals surface area contributed by atoms with E-state index in [2.05, 4.69) is 22.6 Å². The van der Waals surface area contributed by atoms with Gasteiger partial charge < -0.3 is 19.3 Å². The van der Waals surface area contributed by atoms with Crippen molar-refractivity contribution in [2.45, 2.75) is 52.4 Å². The summed E-state index contributed by atoms with van der Waals surface area (Å²) < 4.78 is 18.1. The van der Waals surface area contributed by atoms with Crippen LogP contribution in [0.15, 0.2) is 12.1 Å². The number of alkyl halides is 1. The minimum Gasteiger partial charge on any atom is -0.492 e. The number of hydrogen-bond donors (Lipinski definition) is 1. The highest BCUT2D eigenvalue weighted by molar-refractivity contribution is 14.1. The fourth-order valence-electron chi connectivity index (χ4n) is 2.69. The van der Waals surface area contributed by atoms with Gasteiger partial charge in [0.05, 0.1) is 12.2 Å². The van der Waals surface area contributed by atoms with Crippen LogP contribution in [0.3, 0.4) is 0 Å². The third-order valence-corrected chi connectivity index (χ3v) is 4.81. The molecule has 0 heterocycles. The van der Waals surface area contributed by atoms with Crippen molar-refractivity contribution in [1.29, 1.82) is 0 Å². The van der Waals surface area contributed by atoms with Gasteiger partial charge in [-0.3, -0.25) is 4.79 Å². The molecule has 0 bridgehead atoms. The Morgan fingerprint density at radius 3 is 2.32 bits per heavy atom. The maximum atomic E-state index is 12.0. The number of carboxylic acid groups (broad SMARTS) is 1. The van der Waals surface area contributed by atoms with Crippen LogP contribution in [0.1, 0.15) is 61.9 Å². The van der Waals surface area contributed by atoms with Crippen LogP contribution in [0, 0.1) is 0 Å². The topological polar surface area (TPSA) is 82.1 Å². The number of ketones is 1. The van der Waals surface area contributed by atoms with Crippen molar-refractivity contribution in [3.63, 3.8) is 0 Å². The predicted octanol–water partition coefficient (Wildman–Crippen LogP) is 4.70. The van der Waals surface area contributed by atoms with Crippen LogP contribution in [-0.4, -0.2) is 47.7 Å². The number of hydrogen-bond acceptors (Lipinski definition) is 5. The molecule has 1 N–H and O–H groups in total. The van der Waals surface area contributed by atoms with Crippen LogP contribution in [0.25, 0.3) is 0 Å². The van der Waals surface area contributed by atoms with E-state index in [9.17, 15) is 9.59 Å². The van der Waals surface area contributed by atoms with Crippen molar-refractivity contribution in [3.05, 3.63) is 23.3 Å². The average molecular weight is 506 g/mol. The number of rotatable bonds is 16. The second-order valence-corrected chi connectivity index (χ2v) is 7.55. The van der Waals surface area contributed by atoms with Crippen LogP contribution in [0.5, 0.6) is 11.5 Å². The summed E-state index contributed by atoms with van der Waals surface area (Å²) in [5, 5.41) is 8.88. The molecule has 1 aromatic rings. The summed E-state index contributed by atoms with van der Waals surface area (Å²) in [6, 6.07) is 3.30. The van der Waals surface area contributed by atoms with E-state index in [1.54, 1.807) is 12.1 Å². The first-order chi connectivity index (χ1) is 13.5. The number of benzene rings is 1. The Labute approximate surface area is 181 Å². The van der Waals surface area contributed by atoms with E-state index < -0.39 is 12.6 Å². The zero-order valence-corrected chi connectivity index (χ0v) is 19.0. The van der Waals surface area contributed by atoms with E-state index in [4.69, 9.17) is 19.3 Å². The molecule has 0 saturated carbocycles. The summed E-state index contributed by atoms with van der Waals surface area (Å²) in [6.45, 7) is 5.05. The van der Waals surface area contributed by atoms with Gasteiger partial charge in [-0.05, 0) is 55.6 Å². The second-order valence-electron chi connectivity index (χ2n) is 6.47. The zero-order valence-electron chi connectivity index (χ0n) is 16.8. The summed E-state index contributed by atoms with van der Waals surface area (Å²) in [7, 11) is 0. The van der Waals surface area contributed by atoms with Gasteiger partial charge in [0, 0.05) is 18.8 Å². The fourth-order valence-corrected chi connectivity index (χ4v) is 3.23. The first kappa shape index (κ1) is 24.7. The van der Waals surface area contributed by atoms with Crippen molar-refractivity contribution < 1.29 is 28.9 Å². The second kappa shape index (κ2) is 14.6. The van der Waals surface area contributed by atoms with Crippen LogP contribution >= 0.6 is 22.6 Å². The maximum Gasteiger partial charge on any atom is 0.341 e. The molecule has 28 heavy (non-hydrogen) atoms. The number of aliphatic carboxylic acids is 1. The first-order valence-corrected chi connectivity index (χ1v) is 11.3. The van der Waals surface area contributed by atoms with Crippen LogP contribution in [-0.2, 0) is 16.0 Å². The SMILES string of the molecule is CCCc1c(OCC(=O)O)ccc(C(C)=O)c1OCCCCOCCCCI. The number of carboxylic acids is 1. The molecule has 158 valence electrons. The van der Waals surface area contributed by atoms with Gasteiger partial charge in [-0.25, -0.2) is 4.79 Å². The van der Waals surface area contributed by atoms with E-state index >= 15 is 0 Å². The Morgan fingerprint density at radius 2 is 1.71 bits per heavy atom. The van der Waals surface area contributed by atoms with Crippen LogP contribution in [0.2, 0.25) is 0 Å². The van der Waals surface area contributed by atoms with Crippen LogP contribution < -0.4 is 9.47 Å². The normalized spacial score (nSPS) is 10.7. The van der Waals surface area contributed by atoms with Gasteiger partial charge in [-0.2, -0.15) is 0 Å². The molecule has 7 heteroatoms. The highest BCUT2D eigenvalue weighted by atomic mass is 127. The van der Waals surface area contributed by atoms with Crippen molar-refractivity contribution >= 4 is 34.3 Å². The highest BCUT2D eigenvalue weighted by Crippen LogP contribution is 2.34. The maximum absolute atomic E-state index is 12.0. The number of halogens is 1. The molecule has 6 nitrogen and oxygen atoms in total. The van der Waals surface area contributed by atoms with Gasteiger partial charge in [-0.1, -0.05) is 35.9 Å². The Morgan fingerprint density at radius 1 is 1.04 bits per heavy atom. The van der Waals surface area contributed by atoms with E-state index in [-0.39, 0.29) is 5.78 Å². The first-order valence-electron chi connectivity index (χ1n) is 9.79. The standard InChI is InChI=1S/C21H31IO6/c1-3-8-18-19(28-15-20(24)25)10-9-17(16(2)23)21(18)27-14-7-6-13-26-12-5-4-11-22/h9-10H,3-8,11-15H2,1-2H3,(H,24,25). The molecule has 0 fully saturated rings. The minimum absolute atomic E-state index is 0.0873. The Bertz CT molecular complexity index is 617. The van der Waals surface area contributed by atoms with Crippen molar-refractivity contribution in [1.82, 2.24) is 0 Å². The summed E-state index contributed by atoms with van der Waals surface area (Å²) in [4.78, 5) is 22.9. The molecule has 0 atom stereocenters. The van der Waals surface area contributed by atoms with Gasteiger partial charge in [0.25, 0.3) is 0 Å². The Hall–Kier alpha value is -1.35. The minimum atomic E-state index is -1.04. The third kappa shape index (κ3) is 9.23. The van der Waals surface area contributed by atoms with E-state index in [0.29, 0.717) is 36.7 Å². The van der Waals surface area contributed by atoms with Crippen molar-refractivity contribution in [2.24, 2.45) is 0 Å². The summed E-state index contributed by atoms with van der Waals surface area (Å²) in [5.74, 6) is -0.155. The zero-order chi connectivity index (χ0) is 20.8. The molecule has 0 saturated heterocycles. The number of ether oxygens (including phenoxy) is 3. The third-order valence-electron chi connectivity index (χ3n) is 4.05. The molecule has 0 aromatic heterocycles. The van der Waals surface area contributed by atoms with E-state index in [1.807, 2.05) is 6.92 Å². The number of carbonyl (C=O) groups excluding carboxylic acids is 1. The van der Waals surface area contributed by atoms with Crippen LogP contribution in [0.4, 0.5) is 0 Å². The largest absolute Gasteiger partial charge is 0.492 e. The molecule has 0 aliphatic carbocycles. The van der Waals surface area contributed by atoms with Gasteiger partial charge in [0.1, 0.15) is 11.5 Å². The van der Waals surface area contributed by atoms with Crippen molar-refractivity contribution in [2.75, 3.05) is 30.9 Å². The molecule has 0 radical (unpaired) electrons. The van der Waals surface area contributed by atoms with Gasteiger partial charge in [0.15, 0.2) is 12.4 Å². The lowest BCUT2D eigenvalue weighted by Gasteiger charge is -2.18. The molecular weight excluding hydrogens is 475 g/mol. The molecule has 0 aliphatic heterocycles. The predicted molar refractivity (Wildman–Crippen MR) is 117 cm³/mol. The molecule has 0 spiro atoms. The molecule has 1 aromatic carbocycles. The highest BCUT2D eigenvalue weighted by Gasteiger charge is 2.18. The number of Topliss-reactive ketones (excluding diaryl/α,β-unsaturated/α-hetero) is 1. The fraction of sp³-hybridized carbons (Fsp3) is 0.619. The smallest absolute Gasteiger partial charge is 0.341 e.